The summed E-state index contributed by atoms with van der Waals surface area (Å²) in [5, 5.41) is 2.99. The molecule has 0 saturated carbocycles. The Bertz CT molecular complexity index is 947. The third kappa shape index (κ3) is 12.8. The van der Waals surface area contributed by atoms with E-state index in [0.29, 0.717) is 5.56 Å². The van der Waals surface area contributed by atoms with E-state index >= 15 is 0 Å². The molecule has 6 heteroatoms. The molecule has 0 fully saturated rings. The van der Waals surface area contributed by atoms with E-state index in [-0.39, 0.29) is 22.9 Å². The molecule has 0 aliphatic carbocycles. The predicted octanol–water partition coefficient (Wildman–Crippen LogP) is 9.96. The summed E-state index contributed by atoms with van der Waals surface area (Å²) in [5.74, 6) is 1.73. The Kier molecular flexibility index (Phi) is 16.3. The normalized spacial score (nSPS) is 12.7. The molecule has 1 amide bonds. The number of carbonyl (C=O) groups excluding carboxylic acids is 1. The summed E-state index contributed by atoms with van der Waals surface area (Å²) < 4.78 is 5.88. The van der Waals surface area contributed by atoms with Crippen LogP contribution in [0.1, 0.15) is 107 Å². The van der Waals surface area contributed by atoms with Crippen LogP contribution in [0.5, 0.6) is 5.75 Å². The molecule has 2 aromatic carbocycles. The van der Waals surface area contributed by atoms with E-state index in [0.717, 1.165) is 36.9 Å². The van der Waals surface area contributed by atoms with Crippen molar-refractivity contribution in [3.63, 3.8) is 0 Å². The van der Waals surface area contributed by atoms with Gasteiger partial charge in [0.05, 0.1) is 12.5 Å². The lowest BCUT2D eigenvalue weighted by atomic mass is 10.1. The standard InChI is InChI=1S/C32H46N2O2S.BrH/c1-3-4-5-6-7-8-9-10-11-12-13-14-23-36-31-21-17-29(18-22-31)32(35)33-30-19-15-28(16-20-30)25-34-24-27(2)37-26-34;/h15-22,24H,3-14,23,25-26H2,1-2H3,(H,33,35);1H. The number of unbranched alkanes of at least 4 members (excludes halogenated alkanes) is 11. The summed E-state index contributed by atoms with van der Waals surface area (Å²) in [6.07, 6.45) is 18.3. The Morgan fingerprint density at radius 3 is 1.97 bits per heavy atom. The second-order valence-electron chi connectivity index (χ2n) is 10.2. The van der Waals surface area contributed by atoms with Crippen molar-refractivity contribution in [2.75, 3.05) is 17.8 Å². The van der Waals surface area contributed by atoms with Gasteiger partial charge in [0.2, 0.25) is 0 Å². The zero-order valence-corrected chi connectivity index (χ0v) is 25.9. The summed E-state index contributed by atoms with van der Waals surface area (Å²) in [6.45, 7) is 6.04. The first-order chi connectivity index (χ1) is 18.1. The summed E-state index contributed by atoms with van der Waals surface area (Å²) >= 11 is 1.87. The fourth-order valence-electron chi connectivity index (χ4n) is 4.57. The molecule has 0 saturated heterocycles. The van der Waals surface area contributed by atoms with E-state index < -0.39 is 0 Å². The van der Waals surface area contributed by atoms with Crippen LogP contribution in [-0.2, 0) is 6.54 Å². The van der Waals surface area contributed by atoms with Crippen molar-refractivity contribution in [2.45, 2.75) is 97.4 Å². The number of ether oxygens (including phenoxy) is 1. The molecule has 0 atom stereocenters. The van der Waals surface area contributed by atoms with Crippen molar-refractivity contribution in [2.24, 2.45) is 0 Å². The molecule has 2 aromatic rings. The maximum Gasteiger partial charge on any atom is 0.255 e. The van der Waals surface area contributed by atoms with Crippen LogP contribution in [0, 0.1) is 0 Å². The van der Waals surface area contributed by atoms with Crippen LogP contribution in [-0.4, -0.2) is 23.3 Å². The maximum absolute atomic E-state index is 12.6. The number of thioether (sulfide) groups is 1. The van der Waals surface area contributed by atoms with Crippen molar-refractivity contribution in [1.29, 1.82) is 0 Å². The Morgan fingerprint density at radius 2 is 1.42 bits per heavy atom. The molecule has 1 heterocycles. The topological polar surface area (TPSA) is 41.6 Å². The van der Waals surface area contributed by atoms with Gasteiger partial charge in [-0.2, -0.15) is 0 Å². The second kappa shape index (κ2) is 19.2. The molecule has 0 spiro atoms. The van der Waals surface area contributed by atoms with Crippen LogP contribution in [0.15, 0.2) is 59.6 Å². The van der Waals surface area contributed by atoms with Gasteiger partial charge in [-0.25, -0.2) is 0 Å². The first-order valence-corrected chi connectivity index (χ1v) is 15.3. The lowest BCUT2D eigenvalue weighted by molar-refractivity contribution is 0.102. The highest BCUT2D eigenvalue weighted by Gasteiger charge is 2.10. The molecule has 1 N–H and O–H groups in total. The average molecular weight is 604 g/mol. The van der Waals surface area contributed by atoms with Gasteiger partial charge in [-0.15, -0.1) is 28.7 Å². The molecule has 3 rings (SSSR count). The minimum Gasteiger partial charge on any atom is -0.494 e. The smallest absolute Gasteiger partial charge is 0.255 e. The first kappa shape index (κ1) is 32.3. The molecule has 0 aromatic heterocycles. The van der Waals surface area contributed by atoms with E-state index in [1.54, 1.807) is 0 Å². The van der Waals surface area contributed by atoms with Crippen LogP contribution in [0.4, 0.5) is 5.69 Å². The van der Waals surface area contributed by atoms with Crippen LogP contribution in [0.25, 0.3) is 0 Å². The number of benzene rings is 2. The molecule has 38 heavy (non-hydrogen) atoms. The van der Waals surface area contributed by atoms with E-state index in [1.807, 2.05) is 48.2 Å². The average Bonchev–Trinajstić information content (AvgIpc) is 3.32. The Balaban J connectivity index is 0.00000507. The molecule has 0 bridgehead atoms. The molecular weight excluding hydrogens is 556 g/mol. The number of hydrogen-bond donors (Lipinski definition) is 1. The molecule has 1 aliphatic heterocycles. The molecule has 4 nitrogen and oxygen atoms in total. The molecule has 1 aliphatic rings. The summed E-state index contributed by atoms with van der Waals surface area (Å²) in [5.41, 5.74) is 2.68. The second-order valence-corrected chi connectivity index (χ2v) is 11.4. The predicted molar refractivity (Wildman–Crippen MR) is 169 cm³/mol. The fourth-order valence-corrected chi connectivity index (χ4v) is 5.33. The van der Waals surface area contributed by atoms with Gasteiger partial charge in [0.25, 0.3) is 5.91 Å². The summed E-state index contributed by atoms with van der Waals surface area (Å²) in [6, 6.07) is 15.5. The van der Waals surface area contributed by atoms with Gasteiger partial charge in [0, 0.05) is 24.0 Å². The highest BCUT2D eigenvalue weighted by atomic mass is 79.9. The molecule has 0 radical (unpaired) electrons. The highest BCUT2D eigenvalue weighted by molar-refractivity contribution is 8.93. The van der Waals surface area contributed by atoms with Crippen molar-refractivity contribution in [3.05, 3.63) is 70.8 Å². The van der Waals surface area contributed by atoms with Gasteiger partial charge in [-0.3, -0.25) is 4.79 Å². The third-order valence-electron chi connectivity index (χ3n) is 6.80. The molecular formula is C32H47BrN2O2S. The third-order valence-corrected chi connectivity index (χ3v) is 7.82. The number of carbonyl (C=O) groups is 1. The van der Waals surface area contributed by atoms with E-state index in [9.17, 15) is 4.79 Å². The maximum atomic E-state index is 12.6. The van der Waals surface area contributed by atoms with Gasteiger partial charge in [-0.1, -0.05) is 89.7 Å². The number of allylic oxidation sites excluding steroid dienone is 1. The van der Waals surface area contributed by atoms with Gasteiger partial charge < -0.3 is 15.0 Å². The minimum atomic E-state index is -0.102. The number of amides is 1. The van der Waals surface area contributed by atoms with E-state index in [4.69, 9.17) is 4.74 Å². The van der Waals surface area contributed by atoms with Crippen LogP contribution in [0.2, 0.25) is 0 Å². The van der Waals surface area contributed by atoms with E-state index in [1.165, 1.54) is 81.1 Å². The number of anilines is 1. The SMILES string of the molecule is Br.CCCCCCCCCCCCCCOc1ccc(C(=O)Nc2ccc(CN3C=C(C)SC3)cc2)cc1. The number of nitrogens with one attached hydrogen (secondary N) is 1. The monoisotopic (exact) mass is 602 g/mol. The van der Waals surface area contributed by atoms with Crippen molar-refractivity contribution < 1.29 is 9.53 Å². The largest absolute Gasteiger partial charge is 0.494 e. The molecule has 210 valence electrons. The Labute approximate surface area is 245 Å². The Morgan fingerprint density at radius 1 is 0.842 bits per heavy atom. The lowest BCUT2D eigenvalue weighted by Gasteiger charge is -2.14. The van der Waals surface area contributed by atoms with E-state index in [2.05, 4.69) is 42.4 Å². The first-order valence-electron chi connectivity index (χ1n) is 14.3. The van der Waals surface area contributed by atoms with Crippen molar-refractivity contribution in [1.82, 2.24) is 4.90 Å². The number of halogens is 1. The molecule has 0 unspecified atom stereocenters. The lowest BCUT2D eigenvalue weighted by Crippen LogP contribution is -2.13. The highest BCUT2D eigenvalue weighted by Crippen LogP contribution is 2.26. The number of rotatable bonds is 18. The zero-order chi connectivity index (χ0) is 26.1. The zero-order valence-electron chi connectivity index (χ0n) is 23.4. The number of hydrogen-bond acceptors (Lipinski definition) is 4. The van der Waals surface area contributed by atoms with Gasteiger partial charge in [0.1, 0.15) is 5.75 Å². The quantitative estimate of drug-likeness (QED) is 0.172. The summed E-state index contributed by atoms with van der Waals surface area (Å²) in [4.78, 5) is 16.3. The minimum absolute atomic E-state index is 0. The van der Waals surface area contributed by atoms with Gasteiger partial charge in [-0.05, 0) is 60.2 Å². The Hall–Kier alpha value is -1.92. The van der Waals surface area contributed by atoms with Gasteiger partial charge in [0.15, 0.2) is 0 Å². The van der Waals surface area contributed by atoms with Crippen molar-refractivity contribution in [3.8, 4) is 5.75 Å². The summed E-state index contributed by atoms with van der Waals surface area (Å²) in [7, 11) is 0. The fraction of sp³-hybridized carbons (Fsp3) is 0.531. The van der Waals surface area contributed by atoms with Gasteiger partial charge >= 0.3 is 0 Å². The van der Waals surface area contributed by atoms with Crippen LogP contribution in [0.3, 0.4) is 0 Å². The number of nitrogens with zero attached hydrogens (tertiary/aromatic N) is 1. The van der Waals surface area contributed by atoms with Crippen LogP contribution < -0.4 is 10.1 Å². The van der Waals surface area contributed by atoms with Crippen molar-refractivity contribution >= 4 is 40.3 Å². The van der Waals surface area contributed by atoms with Crippen LogP contribution >= 0.6 is 28.7 Å².